The number of nitrogens with zero attached hydrogens (tertiary/aromatic N) is 2. The van der Waals surface area contributed by atoms with Crippen LogP contribution in [0.25, 0.3) is 10.2 Å². The van der Waals surface area contributed by atoms with Gasteiger partial charge in [0.2, 0.25) is 5.88 Å². The molecule has 2 amide bonds. The summed E-state index contributed by atoms with van der Waals surface area (Å²) < 4.78 is 15.0. The van der Waals surface area contributed by atoms with E-state index in [2.05, 4.69) is 25.3 Å². The SMILES string of the molecule is COCc1nc(OC)c2c(C)c(C(=O)Nc3cccc(C(=O)NCC(=O)OC)c3)sc2n1. The maximum Gasteiger partial charge on any atom is 0.325 e. The van der Waals surface area contributed by atoms with E-state index in [1.807, 2.05) is 0 Å². The predicted octanol–water partition coefficient (Wildman–Crippen LogP) is 2.31. The third-order valence-corrected chi connectivity index (χ3v) is 5.66. The van der Waals surface area contributed by atoms with Gasteiger partial charge in [0.25, 0.3) is 11.8 Å². The molecule has 0 radical (unpaired) electrons. The van der Waals surface area contributed by atoms with Gasteiger partial charge < -0.3 is 24.8 Å². The highest BCUT2D eigenvalue weighted by atomic mass is 32.1. The number of thiophene rings is 1. The first kappa shape index (κ1) is 23.1. The fourth-order valence-corrected chi connectivity index (χ4v) is 4.04. The van der Waals surface area contributed by atoms with Crippen molar-refractivity contribution in [2.75, 3.05) is 33.2 Å². The molecule has 0 bridgehead atoms. The first-order valence-electron chi connectivity index (χ1n) is 9.47. The van der Waals surface area contributed by atoms with Crippen LogP contribution in [0.2, 0.25) is 0 Å². The highest BCUT2D eigenvalue weighted by Crippen LogP contribution is 2.35. The molecule has 10 nitrogen and oxygen atoms in total. The minimum absolute atomic E-state index is 0.218. The lowest BCUT2D eigenvalue weighted by Crippen LogP contribution is -2.30. The van der Waals surface area contributed by atoms with Crippen molar-refractivity contribution in [2.24, 2.45) is 0 Å². The van der Waals surface area contributed by atoms with Gasteiger partial charge in [0, 0.05) is 18.4 Å². The molecule has 0 aliphatic carbocycles. The molecule has 0 fully saturated rings. The molecule has 0 atom stereocenters. The molecule has 3 aromatic rings. The molecule has 0 aliphatic rings. The molecule has 2 heterocycles. The number of aryl methyl sites for hydroxylation is 1. The van der Waals surface area contributed by atoms with Gasteiger partial charge in [-0.15, -0.1) is 11.3 Å². The second-order valence-corrected chi connectivity index (χ2v) is 7.61. The van der Waals surface area contributed by atoms with E-state index in [9.17, 15) is 14.4 Å². The Bertz CT molecular complexity index is 1180. The molecular formula is C21H22N4O6S. The summed E-state index contributed by atoms with van der Waals surface area (Å²) in [5, 5.41) is 5.91. The van der Waals surface area contributed by atoms with Gasteiger partial charge in [-0.2, -0.15) is 4.98 Å². The van der Waals surface area contributed by atoms with Crippen LogP contribution < -0.4 is 15.4 Å². The van der Waals surface area contributed by atoms with E-state index in [-0.39, 0.29) is 24.6 Å². The fourth-order valence-electron chi connectivity index (χ4n) is 2.95. The Balaban J connectivity index is 1.83. The van der Waals surface area contributed by atoms with Crippen LogP contribution in [-0.2, 0) is 20.9 Å². The van der Waals surface area contributed by atoms with Crippen LogP contribution in [0.1, 0.15) is 31.4 Å². The number of rotatable bonds is 8. The minimum Gasteiger partial charge on any atom is -0.480 e. The van der Waals surface area contributed by atoms with Crippen LogP contribution in [-0.4, -0.2) is 55.6 Å². The Morgan fingerprint density at radius 3 is 2.56 bits per heavy atom. The van der Waals surface area contributed by atoms with Crippen LogP contribution in [0, 0.1) is 6.92 Å². The quantitative estimate of drug-likeness (QED) is 0.492. The number of methoxy groups -OCH3 is 3. The molecule has 3 rings (SSSR count). The van der Waals surface area contributed by atoms with Crippen LogP contribution in [0.3, 0.4) is 0 Å². The van der Waals surface area contributed by atoms with Gasteiger partial charge in [0.05, 0.1) is 24.5 Å². The molecule has 2 aromatic heterocycles. The first-order chi connectivity index (χ1) is 15.4. The minimum atomic E-state index is -0.560. The summed E-state index contributed by atoms with van der Waals surface area (Å²) in [7, 11) is 4.29. The van der Waals surface area contributed by atoms with Crippen LogP contribution in [0.5, 0.6) is 5.88 Å². The van der Waals surface area contributed by atoms with Gasteiger partial charge >= 0.3 is 5.97 Å². The number of carbonyl (C=O) groups is 3. The van der Waals surface area contributed by atoms with E-state index in [1.165, 1.54) is 31.6 Å². The van der Waals surface area contributed by atoms with Crippen molar-refractivity contribution in [3.05, 3.63) is 46.1 Å². The number of hydrogen-bond acceptors (Lipinski definition) is 9. The van der Waals surface area contributed by atoms with Gasteiger partial charge in [-0.1, -0.05) is 6.07 Å². The lowest BCUT2D eigenvalue weighted by molar-refractivity contribution is -0.139. The largest absolute Gasteiger partial charge is 0.480 e. The summed E-state index contributed by atoms with van der Waals surface area (Å²) in [6.45, 7) is 1.77. The Kier molecular flexibility index (Phi) is 7.33. The summed E-state index contributed by atoms with van der Waals surface area (Å²) in [6.07, 6.45) is 0. The predicted molar refractivity (Wildman–Crippen MR) is 118 cm³/mol. The third-order valence-electron chi connectivity index (χ3n) is 4.48. The summed E-state index contributed by atoms with van der Waals surface area (Å²) in [5.41, 5.74) is 1.41. The number of nitrogens with one attached hydrogen (secondary N) is 2. The molecule has 11 heteroatoms. The number of amides is 2. The van der Waals surface area contributed by atoms with Gasteiger partial charge in [-0.25, -0.2) is 4.98 Å². The number of carbonyl (C=O) groups excluding carboxylic acids is 3. The zero-order valence-electron chi connectivity index (χ0n) is 18.0. The molecule has 168 valence electrons. The van der Waals surface area contributed by atoms with Crippen molar-refractivity contribution < 1.29 is 28.6 Å². The van der Waals surface area contributed by atoms with E-state index in [0.29, 0.717) is 38.0 Å². The average Bonchev–Trinajstić information content (AvgIpc) is 3.13. The molecular weight excluding hydrogens is 436 g/mol. The summed E-state index contributed by atoms with van der Waals surface area (Å²) >= 11 is 1.22. The zero-order chi connectivity index (χ0) is 23.3. The average molecular weight is 458 g/mol. The van der Waals surface area contributed by atoms with Crippen molar-refractivity contribution in [2.45, 2.75) is 13.5 Å². The summed E-state index contributed by atoms with van der Waals surface area (Å²) in [6, 6.07) is 6.38. The van der Waals surface area contributed by atoms with Gasteiger partial charge in [-0.05, 0) is 30.7 Å². The highest BCUT2D eigenvalue weighted by molar-refractivity contribution is 7.20. The van der Waals surface area contributed by atoms with E-state index in [1.54, 1.807) is 32.2 Å². The normalized spacial score (nSPS) is 10.6. The molecule has 0 spiro atoms. The standard InChI is InChI=1S/C21H22N4O6S/c1-11-16-20(31-4)24-14(10-29-2)25-21(16)32-17(11)19(28)23-13-7-5-6-12(8-13)18(27)22-9-15(26)30-3/h5-8H,9-10H2,1-4H3,(H,22,27)(H,23,28). The van der Waals surface area contributed by atoms with Gasteiger partial charge in [-0.3, -0.25) is 14.4 Å². The number of fused-ring (bicyclic) bond motifs is 1. The zero-order valence-corrected chi connectivity index (χ0v) is 18.8. The monoisotopic (exact) mass is 458 g/mol. The number of aromatic nitrogens is 2. The maximum absolute atomic E-state index is 13.0. The lowest BCUT2D eigenvalue weighted by atomic mass is 10.1. The Morgan fingerprint density at radius 2 is 1.88 bits per heavy atom. The Hall–Kier alpha value is -3.57. The molecule has 32 heavy (non-hydrogen) atoms. The van der Waals surface area contributed by atoms with Crippen molar-refractivity contribution in [3.8, 4) is 5.88 Å². The fraction of sp³-hybridized carbons (Fsp3) is 0.286. The second kappa shape index (κ2) is 10.2. The number of ether oxygens (including phenoxy) is 3. The molecule has 2 N–H and O–H groups in total. The van der Waals surface area contributed by atoms with Crippen molar-refractivity contribution in [1.82, 2.24) is 15.3 Å². The molecule has 0 saturated carbocycles. The van der Waals surface area contributed by atoms with Crippen molar-refractivity contribution >= 4 is 45.0 Å². The Labute approximate surface area is 187 Å². The van der Waals surface area contributed by atoms with Crippen molar-refractivity contribution in [3.63, 3.8) is 0 Å². The lowest BCUT2D eigenvalue weighted by Gasteiger charge is -2.08. The van der Waals surface area contributed by atoms with E-state index in [4.69, 9.17) is 9.47 Å². The Morgan fingerprint density at radius 1 is 1.09 bits per heavy atom. The molecule has 1 aromatic carbocycles. The smallest absolute Gasteiger partial charge is 0.325 e. The molecule has 0 unspecified atom stereocenters. The maximum atomic E-state index is 13.0. The third kappa shape index (κ3) is 5.01. The number of esters is 1. The number of benzene rings is 1. The van der Waals surface area contributed by atoms with E-state index >= 15 is 0 Å². The molecule has 0 saturated heterocycles. The van der Waals surface area contributed by atoms with Crippen molar-refractivity contribution in [1.29, 1.82) is 0 Å². The van der Waals surface area contributed by atoms with E-state index < -0.39 is 11.9 Å². The topological polar surface area (TPSA) is 129 Å². The van der Waals surface area contributed by atoms with Gasteiger partial charge in [0.1, 0.15) is 18.0 Å². The second-order valence-electron chi connectivity index (χ2n) is 6.61. The summed E-state index contributed by atoms with van der Waals surface area (Å²) in [5.74, 6) is -0.548. The van der Waals surface area contributed by atoms with Crippen LogP contribution in [0.4, 0.5) is 5.69 Å². The van der Waals surface area contributed by atoms with Gasteiger partial charge in [0.15, 0.2) is 5.82 Å². The molecule has 0 aliphatic heterocycles. The van der Waals surface area contributed by atoms with Crippen LogP contribution in [0.15, 0.2) is 24.3 Å². The first-order valence-corrected chi connectivity index (χ1v) is 10.3. The number of hydrogen-bond donors (Lipinski definition) is 2. The number of anilines is 1. The van der Waals surface area contributed by atoms with Crippen LogP contribution >= 0.6 is 11.3 Å². The summed E-state index contributed by atoms with van der Waals surface area (Å²) in [4.78, 5) is 46.3. The highest BCUT2D eigenvalue weighted by Gasteiger charge is 2.21. The van der Waals surface area contributed by atoms with E-state index in [0.717, 1.165) is 0 Å².